The number of H-pyrrole nitrogens is 1. The number of nitrogens with zero attached hydrogens (tertiary/aromatic N) is 3. The molecule has 4 rings (SSSR count). The van der Waals surface area contributed by atoms with Crippen LogP contribution < -0.4 is 5.32 Å². The van der Waals surface area contributed by atoms with Crippen molar-refractivity contribution in [1.29, 1.82) is 0 Å². The molecule has 0 aliphatic carbocycles. The molecule has 6 nitrogen and oxygen atoms in total. The Kier molecular flexibility index (Phi) is 7.25. The number of likely N-dealkylation sites (tertiary alicyclic amines) is 1. The van der Waals surface area contributed by atoms with Crippen LogP contribution in [0.25, 0.3) is 11.0 Å². The zero-order chi connectivity index (χ0) is 21.6. The number of hydrogen-bond acceptors (Lipinski definition) is 5. The molecule has 1 fully saturated rings. The fourth-order valence-electron chi connectivity index (χ4n) is 4.39. The van der Waals surface area contributed by atoms with E-state index in [9.17, 15) is 4.79 Å². The number of fused-ring (bicyclic) bond motifs is 1. The largest absolute Gasteiger partial charge is 0.352 e. The first kappa shape index (κ1) is 21.8. The van der Waals surface area contributed by atoms with Gasteiger partial charge in [0.2, 0.25) is 0 Å². The SMILES string of the molecule is C[C@H]1C[C@H](C)CN(CCCNC(=O)c2ccc(CSc3nc4ccncc4[nH]3)cc2)C1. The van der Waals surface area contributed by atoms with Gasteiger partial charge in [0.15, 0.2) is 5.16 Å². The lowest BCUT2D eigenvalue weighted by Gasteiger charge is -2.34. The molecule has 1 amide bonds. The number of nitrogens with one attached hydrogen (secondary N) is 2. The lowest BCUT2D eigenvalue weighted by atomic mass is 9.92. The Morgan fingerprint density at radius 3 is 2.71 bits per heavy atom. The number of pyridine rings is 1. The van der Waals surface area contributed by atoms with Crippen LogP contribution in [0.1, 0.15) is 42.6 Å². The van der Waals surface area contributed by atoms with Crippen molar-refractivity contribution in [3.05, 3.63) is 53.9 Å². The molecule has 31 heavy (non-hydrogen) atoms. The summed E-state index contributed by atoms with van der Waals surface area (Å²) in [5, 5.41) is 3.94. The summed E-state index contributed by atoms with van der Waals surface area (Å²) in [7, 11) is 0. The number of thioether (sulfide) groups is 1. The summed E-state index contributed by atoms with van der Waals surface area (Å²) in [5.74, 6) is 2.35. The van der Waals surface area contributed by atoms with Crippen molar-refractivity contribution in [2.24, 2.45) is 11.8 Å². The zero-order valence-electron chi connectivity index (χ0n) is 18.3. The molecule has 3 heterocycles. The van der Waals surface area contributed by atoms with Gasteiger partial charge >= 0.3 is 0 Å². The van der Waals surface area contributed by atoms with Crippen LogP contribution in [-0.2, 0) is 5.75 Å². The van der Waals surface area contributed by atoms with E-state index in [1.807, 2.05) is 30.3 Å². The Bertz CT molecular complexity index is 960. The number of carbonyl (C=O) groups is 1. The van der Waals surface area contributed by atoms with Gasteiger partial charge in [0, 0.05) is 37.1 Å². The first-order valence-electron chi connectivity index (χ1n) is 11.1. The molecule has 0 radical (unpaired) electrons. The minimum absolute atomic E-state index is 0.00404. The van der Waals surface area contributed by atoms with Gasteiger partial charge in [-0.05, 0) is 55.0 Å². The molecule has 0 spiro atoms. The van der Waals surface area contributed by atoms with E-state index in [2.05, 4.69) is 39.0 Å². The van der Waals surface area contributed by atoms with Gasteiger partial charge in [-0.2, -0.15) is 0 Å². The maximum absolute atomic E-state index is 12.4. The van der Waals surface area contributed by atoms with Crippen LogP contribution in [0.2, 0.25) is 0 Å². The van der Waals surface area contributed by atoms with Crippen LogP contribution in [0.15, 0.2) is 47.9 Å². The van der Waals surface area contributed by atoms with Crippen molar-refractivity contribution >= 4 is 28.7 Å². The van der Waals surface area contributed by atoms with E-state index < -0.39 is 0 Å². The van der Waals surface area contributed by atoms with E-state index in [1.165, 1.54) is 19.5 Å². The molecule has 1 aromatic carbocycles. The van der Waals surface area contributed by atoms with Gasteiger partial charge in [0.05, 0.1) is 17.2 Å². The number of aromatic amines is 1. The highest BCUT2D eigenvalue weighted by atomic mass is 32.2. The molecule has 0 saturated carbocycles. The number of benzene rings is 1. The van der Waals surface area contributed by atoms with Crippen molar-refractivity contribution in [2.45, 2.75) is 37.6 Å². The third-order valence-electron chi connectivity index (χ3n) is 5.73. The average Bonchev–Trinajstić information content (AvgIpc) is 3.18. The number of rotatable bonds is 8. The maximum Gasteiger partial charge on any atom is 0.251 e. The topological polar surface area (TPSA) is 73.9 Å². The third-order valence-corrected chi connectivity index (χ3v) is 6.68. The first-order chi connectivity index (χ1) is 15.1. The van der Waals surface area contributed by atoms with Crippen molar-refractivity contribution in [1.82, 2.24) is 25.2 Å². The predicted molar refractivity (Wildman–Crippen MR) is 126 cm³/mol. The summed E-state index contributed by atoms with van der Waals surface area (Å²) in [4.78, 5) is 26.9. The molecule has 2 N–H and O–H groups in total. The standard InChI is InChI=1S/C24H31N5OS/c1-17-12-18(2)15-29(14-17)11-3-9-26-23(30)20-6-4-19(5-7-20)16-31-24-27-21-8-10-25-13-22(21)28-24/h4-8,10,13,17-18H,3,9,11-12,14-16H2,1-2H3,(H,26,30)(H,27,28)/t17-,18-/m0/s1. The van der Waals surface area contributed by atoms with Gasteiger partial charge in [-0.25, -0.2) is 4.98 Å². The van der Waals surface area contributed by atoms with Crippen molar-refractivity contribution in [3.8, 4) is 0 Å². The van der Waals surface area contributed by atoms with Crippen LogP contribution in [0.3, 0.4) is 0 Å². The number of hydrogen-bond donors (Lipinski definition) is 2. The van der Waals surface area contributed by atoms with Crippen LogP contribution in [0.4, 0.5) is 0 Å². The fourth-order valence-corrected chi connectivity index (χ4v) is 5.23. The summed E-state index contributed by atoms with van der Waals surface area (Å²) in [6.45, 7) is 8.81. The second-order valence-corrected chi connectivity index (χ2v) is 9.70. The van der Waals surface area contributed by atoms with Gasteiger partial charge in [-0.15, -0.1) is 0 Å². The highest BCUT2D eigenvalue weighted by Crippen LogP contribution is 2.23. The number of amides is 1. The van der Waals surface area contributed by atoms with Gasteiger partial charge in [0.1, 0.15) is 0 Å². The van der Waals surface area contributed by atoms with E-state index in [-0.39, 0.29) is 5.91 Å². The first-order valence-corrected chi connectivity index (χ1v) is 12.1. The molecule has 164 valence electrons. The predicted octanol–water partition coefficient (Wildman–Crippen LogP) is 4.35. The lowest BCUT2D eigenvalue weighted by molar-refractivity contribution is 0.0947. The summed E-state index contributed by atoms with van der Waals surface area (Å²) in [6.07, 6.45) is 5.85. The lowest BCUT2D eigenvalue weighted by Crippen LogP contribution is -2.40. The third kappa shape index (κ3) is 6.08. The molecular formula is C24H31N5OS. The Labute approximate surface area is 188 Å². The minimum Gasteiger partial charge on any atom is -0.352 e. The molecule has 1 aliphatic rings. The number of piperidine rings is 1. The average molecular weight is 438 g/mol. The molecule has 1 aliphatic heterocycles. The van der Waals surface area contributed by atoms with Crippen molar-refractivity contribution < 1.29 is 4.79 Å². The molecule has 1 saturated heterocycles. The summed E-state index contributed by atoms with van der Waals surface area (Å²) >= 11 is 1.64. The molecule has 0 unspecified atom stereocenters. The maximum atomic E-state index is 12.4. The molecule has 3 aromatic rings. The number of carbonyl (C=O) groups excluding carboxylic acids is 1. The van der Waals surface area contributed by atoms with E-state index in [0.29, 0.717) is 5.56 Å². The fraction of sp³-hybridized carbons (Fsp3) is 0.458. The quantitative estimate of drug-likeness (QED) is 0.405. The van der Waals surface area contributed by atoms with E-state index in [4.69, 9.17) is 0 Å². The highest BCUT2D eigenvalue weighted by molar-refractivity contribution is 7.98. The number of aromatic nitrogens is 3. The highest BCUT2D eigenvalue weighted by Gasteiger charge is 2.21. The monoisotopic (exact) mass is 437 g/mol. The van der Waals surface area contributed by atoms with Crippen LogP contribution in [0, 0.1) is 11.8 Å². The van der Waals surface area contributed by atoms with Crippen molar-refractivity contribution in [2.75, 3.05) is 26.2 Å². The normalized spacial score (nSPS) is 19.5. The smallest absolute Gasteiger partial charge is 0.251 e. The van der Waals surface area contributed by atoms with Gasteiger partial charge in [-0.1, -0.05) is 37.7 Å². The zero-order valence-corrected chi connectivity index (χ0v) is 19.1. The molecule has 0 bridgehead atoms. The Morgan fingerprint density at radius 1 is 1.19 bits per heavy atom. The Hall–Kier alpha value is -2.38. The van der Waals surface area contributed by atoms with Gasteiger partial charge in [-0.3, -0.25) is 9.78 Å². The summed E-state index contributed by atoms with van der Waals surface area (Å²) < 4.78 is 0. The van der Waals surface area contributed by atoms with Gasteiger partial charge < -0.3 is 15.2 Å². The Balaban J connectivity index is 1.20. The van der Waals surface area contributed by atoms with E-state index in [1.54, 1.807) is 24.2 Å². The second kappa shape index (κ2) is 10.3. The molecule has 2 aromatic heterocycles. The summed E-state index contributed by atoms with van der Waals surface area (Å²) in [6, 6.07) is 9.74. The summed E-state index contributed by atoms with van der Waals surface area (Å²) in [5.41, 5.74) is 3.74. The molecule has 2 atom stereocenters. The molecule has 7 heteroatoms. The van der Waals surface area contributed by atoms with Crippen LogP contribution >= 0.6 is 11.8 Å². The second-order valence-electron chi connectivity index (χ2n) is 8.74. The Morgan fingerprint density at radius 2 is 1.97 bits per heavy atom. The van der Waals surface area contributed by atoms with Crippen molar-refractivity contribution in [3.63, 3.8) is 0 Å². The van der Waals surface area contributed by atoms with Crippen LogP contribution in [-0.4, -0.2) is 51.9 Å². The minimum atomic E-state index is 0.00404. The van der Waals surface area contributed by atoms with E-state index in [0.717, 1.165) is 58.9 Å². The number of imidazole rings is 1. The molecular weight excluding hydrogens is 406 g/mol. The van der Waals surface area contributed by atoms with Crippen LogP contribution in [0.5, 0.6) is 0 Å². The van der Waals surface area contributed by atoms with Gasteiger partial charge in [0.25, 0.3) is 5.91 Å². The van der Waals surface area contributed by atoms with E-state index >= 15 is 0 Å².